The van der Waals surface area contributed by atoms with Crippen LogP contribution in [0.25, 0.3) is 0 Å². The molecule has 4 rings (SSSR count). The number of halogens is 3. The number of hydrogen-bond donors (Lipinski definition) is 0. The summed E-state index contributed by atoms with van der Waals surface area (Å²) in [7, 11) is 3.21. The van der Waals surface area contributed by atoms with Gasteiger partial charge in [-0.1, -0.05) is 12.1 Å². The Morgan fingerprint density at radius 2 is 1.91 bits per heavy atom. The molecular formula is C26H28F3N3O3. The Bertz CT molecular complexity index is 1110. The summed E-state index contributed by atoms with van der Waals surface area (Å²) in [6.45, 7) is 2.62. The number of nitrogens with zero attached hydrogens (tertiary/aromatic N) is 3. The van der Waals surface area contributed by atoms with Gasteiger partial charge in [-0.05, 0) is 42.3 Å². The van der Waals surface area contributed by atoms with Crippen LogP contribution in [0.4, 0.5) is 18.9 Å². The van der Waals surface area contributed by atoms with Gasteiger partial charge in [-0.3, -0.25) is 4.79 Å². The molecule has 2 aromatic carbocycles. The lowest BCUT2D eigenvalue weighted by atomic mass is 9.73. The van der Waals surface area contributed by atoms with Gasteiger partial charge in [0.05, 0.1) is 37.3 Å². The van der Waals surface area contributed by atoms with Crippen LogP contribution in [0.1, 0.15) is 23.1 Å². The quantitative estimate of drug-likeness (QED) is 0.613. The zero-order valence-electron chi connectivity index (χ0n) is 19.8. The van der Waals surface area contributed by atoms with Crippen LogP contribution in [0.5, 0.6) is 5.75 Å². The van der Waals surface area contributed by atoms with Gasteiger partial charge in [-0.15, -0.1) is 0 Å². The highest BCUT2D eigenvalue weighted by atomic mass is 19.4. The van der Waals surface area contributed by atoms with Crippen molar-refractivity contribution in [1.29, 1.82) is 5.26 Å². The maximum absolute atomic E-state index is 13.5. The Morgan fingerprint density at radius 3 is 2.54 bits per heavy atom. The number of benzene rings is 2. The Kier molecular flexibility index (Phi) is 6.95. The van der Waals surface area contributed by atoms with E-state index in [9.17, 15) is 18.0 Å². The third kappa shape index (κ3) is 5.08. The molecule has 2 atom stereocenters. The molecule has 0 spiro atoms. The zero-order valence-corrected chi connectivity index (χ0v) is 19.8. The van der Waals surface area contributed by atoms with E-state index < -0.39 is 11.7 Å². The number of rotatable bonds is 6. The standard InChI is InChI=1S/C26H28F3N3O3/c1-34-17-25-9-10-31(24(33)11-18-3-7-22(35-2)8-4-18)14-20(25)15-32(16-25)21-6-5-19(13-30)23(12-21)26(27,28)29/h3-8,12,20H,9-11,14-17H2,1-2H3/t20-,25+/m1/s1. The van der Waals surface area contributed by atoms with Gasteiger partial charge < -0.3 is 19.3 Å². The summed E-state index contributed by atoms with van der Waals surface area (Å²) in [6.07, 6.45) is -3.62. The minimum atomic E-state index is -4.61. The van der Waals surface area contributed by atoms with Crippen LogP contribution in [0, 0.1) is 22.7 Å². The number of likely N-dealkylation sites (tertiary alicyclic amines) is 1. The van der Waals surface area contributed by atoms with Crippen molar-refractivity contribution < 1.29 is 27.4 Å². The highest BCUT2D eigenvalue weighted by Gasteiger charge is 2.50. The van der Waals surface area contributed by atoms with Crippen LogP contribution in [-0.2, 0) is 22.1 Å². The molecule has 6 nitrogen and oxygen atoms in total. The fraction of sp³-hybridized carbons (Fsp3) is 0.462. The van der Waals surface area contributed by atoms with E-state index in [4.69, 9.17) is 14.7 Å². The van der Waals surface area contributed by atoms with Crippen molar-refractivity contribution in [3.05, 3.63) is 59.2 Å². The summed E-state index contributed by atoms with van der Waals surface area (Å²) in [4.78, 5) is 16.8. The van der Waals surface area contributed by atoms with Crippen LogP contribution >= 0.6 is 0 Å². The number of nitriles is 1. The van der Waals surface area contributed by atoms with Gasteiger partial charge in [0, 0.05) is 50.3 Å². The predicted octanol–water partition coefficient (Wildman–Crippen LogP) is 4.13. The predicted molar refractivity (Wildman–Crippen MR) is 124 cm³/mol. The molecule has 0 radical (unpaired) electrons. The second-order valence-electron chi connectivity index (χ2n) is 9.33. The molecule has 2 saturated heterocycles. The van der Waals surface area contributed by atoms with E-state index in [-0.39, 0.29) is 29.2 Å². The summed E-state index contributed by atoms with van der Waals surface area (Å²) in [5.74, 6) is 0.810. The Hall–Kier alpha value is -3.25. The number of carbonyl (C=O) groups is 1. The van der Waals surface area contributed by atoms with Gasteiger partial charge in [0.15, 0.2) is 0 Å². The molecule has 2 fully saturated rings. The van der Waals surface area contributed by atoms with E-state index in [2.05, 4.69) is 0 Å². The number of fused-ring (bicyclic) bond motifs is 1. The molecule has 0 aromatic heterocycles. The van der Waals surface area contributed by atoms with E-state index in [0.29, 0.717) is 44.9 Å². The number of alkyl halides is 3. The number of hydrogen-bond acceptors (Lipinski definition) is 5. The van der Waals surface area contributed by atoms with E-state index >= 15 is 0 Å². The molecule has 1 amide bonds. The van der Waals surface area contributed by atoms with Crippen molar-refractivity contribution in [2.24, 2.45) is 11.3 Å². The number of amides is 1. The molecule has 0 bridgehead atoms. The minimum Gasteiger partial charge on any atom is -0.497 e. The van der Waals surface area contributed by atoms with E-state index in [1.165, 1.54) is 6.07 Å². The summed E-state index contributed by atoms with van der Waals surface area (Å²) in [5, 5.41) is 9.11. The number of anilines is 1. The first-order valence-electron chi connectivity index (χ1n) is 11.4. The van der Waals surface area contributed by atoms with Gasteiger partial charge in [0.25, 0.3) is 0 Å². The number of ether oxygens (including phenoxy) is 2. The van der Waals surface area contributed by atoms with Crippen LogP contribution in [-0.4, -0.2) is 57.8 Å². The number of piperidine rings is 1. The third-order valence-corrected chi connectivity index (χ3v) is 7.23. The van der Waals surface area contributed by atoms with Gasteiger partial charge >= 0.3 is 6.18 Å². The summed E-state index contributed by atoms with van der Waals surface area (Å²) in [5.41, 5.74) is -0.242. The number of methoxy groups -OCH3 is 2. The van der Waals surface area contributed by atoms with Crippen LogP contribution < -0.4 is 9.64 Å². The van der Waals surface area contributed by atoms with E-state index in [0.717, 1.165) is 17.4 Å². The van der Waals surface area contributed by atoms with E-state index in [1.807, 2.05) is 34.1 Å². The van der Waals surface area contributed by atoms with Gasteiger partial charge in [-0.25, -0.2) is 0 Å². The largest absolute Gasteiger partial charge is 0.497 e. The van der Waals surface area contributed by atoms with Crippen LogP contribution in [0.3, 0.4) is 0 Å². The molecule has 0 unspecified atom stereocenters. The fourth-order valence-corrected chi connectivity index (χ4v) is 5.32. The zero-order chi connectivity index (χ0) is 25.2. The lowest BCUT2D eigenvalue weighted by molar-refractivity contribution is -0.138. The molecule has 35 heavy (non-hydrogen) atoms. The normalized spacial score (nSPS) is 22.0. The first-order valence-corrected chi connectivity index (χ1v) is 11.4. The highest BCUT2D eigenvalue weighted by molar-refractivity contribution is 5.79. The minimum absolute atomic E-state index is 0.0253. The SMILES string of the molecule is COC[C@@]12CCN(C(=O)Cc3ccc(OC)cc3)C[C@@H]1CN(c1ccc(C#N)c(C(F)(F)F)c1)C2. The van der Waals surface area contributed by atoms with Crippen molar-refractivity contribution >= 4 is 11.6 Å². The van der Waals surface area contributed by atoms with Crippen molar-refractivity contribution in [2.75, 3.05) is 51.9 Å². The van der Waals surface area contributed by atoms with Gasteiger partial charge in [0.1, 0.15) is 5.75 Å². The fourth-order valence-electron chi connectivity index (χ4n) is 5.32. The molecule has 0 N–H and O–H groups in total. The van der Waals surface area contributed by atoms with E-state index in [1.54, 1.807) is 26.4 Å². The topological polar surface area (TPSA) is 65.8 Å². The summed E-state index contributed by atoms with van der Waals surface area (Å²) in [6, 6.07) is 12.9. The summed E-state index contributed by atoms with van der Waals surface area (Å²) < 4.78 is 51.2. The molecule has 0 saturated carbocycles. The highest BCUT2D eigenvalue weighted by Crippen LogP contribution is 2.45. The molecule has 2 heterocycles. The summed E-state index contributed by atoms with van der Waals surface area (Å²) >= 11 is 0. The van der Waals surface area contributed by atoms with Crippen LogP contribution in [0.2, 0.25) is 0 Å². The smallest absolute Gasteiger partial charge is 0.417 e. The first-order chi connectivity index (χ1) is 16.7. The average Bonchev–Trinajstić information content (AvgIpc) is 3.22. The second-order valence-corrected chi connectivity index (χ2v) is 9.33. The molecule has 0 aliphatic carbocycles. The maximum atomic E-state index is 13.5. The Labute approximate surface area is 202 Å². The Morgan fingerprint density at radius 1 is 1.17 bits per heavy atom. The monoisotopic (exact) mass is 487 g/mol. The first kappa shape index (κ1) is 24.9. The molecular weight excluding hydrogens is 459 g/mol. The van der Waals surface area contributed by atoms with Gasteiger partial charge in [-0.2, -0.15) is 18.4 Å². The van der Waals surface area contributed by atoms with Crippen molar-refractivity contribution in [2.45, 2.75) is 19.0 Å². The lowest BCUT2D eigenvalue weighted by Gasteiger charge is -2.43. The third-order valence-electron chi connectivity index (χ3n) is 7.23. The van der Waals surface area contributed by atoms with Gasteiger partial charge in [0.2, 0.25) is 5.91 Å². The van der Waals surface area contributed by atoms with Crippen molar-refractivity contribution in [3.8, 4) is 11.8 Å². The molecule has 9 heteroatoms. The molecule has 2 aromatic rings. The molecule has 2 aliphatic heterocycles. The average molecular weight is 488 g/mol. The molecule has 186 valence electrons. The number of carbonyl (C=O) groups excluding carboxylic acids is 1. The van der Waals surface area contributed by atoms with Crippen molar-refractivity contribution in [1.82, 2.24) is 4.90 Å². The van der Waals surface area contributed by atoms with Crippen LogP contribution in [0.15, 0.2) is 42.5 Å². The molecule has 2 aliphatic rings. The maximum Gasteiger partial charge on any atom is 0.417 e. The Balaban J connectivity index is 1.51. The second kappa shape index (κ2) is 9.78. The lowest BCUT2D eigenvalue weighted by Crippen LogP contribution is -2.51. The van der Waals surface area contributed by atoms with Crippen molar-refractivity contribution in [3.63, 3.8) is 0 Å².